The van der Waals surface area contributed by atoms with E-state index in [1.807, 2.05) is 0 Å². The van der Waals surface area contributed by atoms with Crippen LogP contribution in [0.3, 0.4) is 0 Å². The van der Waals surface area contributed by atoms with E-state index >= 15 is 0 Å². The maximum absolute atomic E-state index is 9.86. The largest absolute Gasteiger partial charge is 0.553 e. The minimum atomic E-state index is -1.97. The highest BCUT2D eigenvalue weighted by molar-refractivity contribution is 7.85. The van der Waals surface area contributed by atoms with Gasteiger partial charge >= 0.3 is 0 Å². The molecule has 0 bridgehead atoms. The molecular formula is C2H4NO3S. The van der Waals surface area contributed by atoms with Crippen molar-refractivity contribution in [1.82, 2.24) is 0 Å². The fraction of sp³-hybridized carbons (Fsp3) is 0.500. The van der Waals surface area contributed by atoms with E-state index in [4.69, 9.17) is 0 Å². The SMILES string of the molecule is [CH2]C[S+]([O-])[N+](=O)[O-]. The van der Waals surface area contributed by atoms with Gasteiger partial charge in [-0.1, -0.05) is 0 Å². The first-order valence-electron chi connectivity index (χ1n) is 1.50. The molecule has 1 atom stereocenters. The van der Waals surface area contributed by atoms with E-state index in [9.17, 15) is 14.7 Å². The number of hydrogen-bond acceptors (Lipinski definition) is 3. The Balaban J connectivity index is 3.34. The molecule has 0 fully saturated rings. The summed E-state index contributed by atoms with van der Waals surface area (Å²) in [5.74, 6) is -0.160. The highest BCUT2D eigenvalue weighted by atomic mass is 32.2. The van der Waals surface area contributed by atoms with Crippen molar-refractivity contribution < 1.29 is 8.88 Å². The molecule has 41 valence electrons. The number of nitro groups is 1. The maximum Gasteiger partial charge on any atom is 0.300 e. The van der Waals surface area contributed by atoms with Gasteiger partial charge in [0.05, 0.1) is 0 Å². The molecule has 1 unspecified atom stereocenters. The first-order chi connectivity index (χ1) is 3.18. The molecule has 0 saturated heterocycles. The Bertz CT molecular complexity index is 75.3. The molecule has 0 saturated carbocycles. The van der Waals surface area contributed by atoms with Crippen LogP contribution in [-0.4, -0.2) is 14.6 Å². The lowest BCUT2D eigenvalue weighted by Crippen LogP contribution is -2.14. The summed E-state index contributed by atoms with van der Waals surface area (Å²) < 4.78 is 8.99. The lowest BCUT2D eigenvalue weighted by atomic mass is 11.0. The third-order valence-corrected chi connectivity index (χ3v) is 1.02. The van der Waals surface area contributed by atoms with Crippen LogP contribution in [0.1, 0.15) is 0 Å². The minimum absolute atomic E-state index is 0.160. The van der Waals surface area contributed by atoms with Crippen molar-refractivity contribution in [3.63, 3.8) is 0 Å². The standard InChI is InChI=1S/C2H4NO3S/c1-2-7(6)3(4)5/h1-2H2. The van der Waals surface area contributed by atoms with Crippen molar-refractivity contribution in [1.29, 1.82) is 0 Å². The fourth-order valence-electron chi connectivity index (χ4n) is 0.0745. The summed E-state index contributed by atoms with van der Waals surface area (Å²) in [4.78, 5) is 9.40. The Morgan fingerprint density at radius 3 is 2.29 bits per heavy atom. The molecule has 0 amide bonds. The van der Waals surface area contributed by atoms with Crippen LogP contribution < -0.4 is 0 Å². The summed E-state index contributed by atoms with van der Waals surface area (Å²) in [6.07, 6.45) is 0. The number of nitrogens with zero attached hydrogens (tertiary/aromatic N) is 1. The van der Waals surface area contributed by atoms with Gasteiger partial charge in [-0.3, -0.25) is 0 Å². The highest BCUT2D eigenvalue weighted by Crippen LogP contribution is 1.86. The molecule has 0 aliphatic rings. The van der Waals surface area contributed by atoms with Gasteiger partial charge in [-0.25, -0.2) is 10.1 Å². The minimum Gasteiger partial charge on any atom is -0.553 e. The van der Waals surface area contributed by atoms with Crippen molar-refractivity contribution in [3.05, 3.63) is 17.0 Å². The average molecular weight is 122 g/mol. The summed E-state index contributed by atoms with van der Waals surface area (Å²) >= 11 is -1.97. The fourth-order valence-corrected chi connectivity index (χ4v) is 0.224. The van der Waals surface area contributed by atoms with Crippen LogP contribution in [0.25, 0.3) is 0 Å². The van der Waals surface area contributed by atoms with E-state index in [0.717, 1.165) is 0 Å². The summed E-state index contributed by atoms with van der Waals surface area (Å²) in [6, 6.07) is 0. The first-order valence-corrected chi connectivity index (χ1v) is 2.78. The van der Waals surface area contributed by atoms with Crippen molar-refractivity contribution in [2.24, 2.45) is 0 Å². The second-order valence-electron chi connectivity index (χ2n) is 0.749. The quantitative estimate of drug-likeness (QED) is 0.288. The summed E-state index contributed by atoms with van der Waals surface area (Å²) in [5, 5.41) is 9.40. The zero-order valence-corrected chi connectivity index (χ0v) is 4.31. The Hall–Kier alpha value is -0.290. The number of rotatable bonds is 2. The van der Waals surface area contributed by atoms with Crippen LogP contribution in [0.2, 0.25) is 0 Å². The summed E-state index contributed by atoms with van der Waals surface area (Å²) in [7, 11) is 0. The predicted octanol–water partition coefficient (Wildman–Crippen LogP) is -0.239. The van der Waals surface area contributed by atoms with Crippen LogP contribution >= 0.6 is 0 Å². The van der Waals surface area contributed by atoms with E-state index in [0.29, 0.717) is 0 Å². The molecule has 0 aliphatic carbocycles. The van der Waals surface area contributed by atoms with Crippen LogP contribution in [-0.2, 0) is 11.4 Å². The lowest BCUT2D eigenvalue weighted by Gasteiger charge is -1.89. The molecule has 7 heavy (non-hydrogen) atoms. The lowest BCUT2D eigenvalue weighted by molar-refractivity contribution is -0.304. The van der Waals surface area contributed by atoms with Crippen LogP contribution in [0.5, 0.6) is 0 Å². The topological polar surface area (TPSA) is 66.2 Å². The second kappa shape index (κ2) is 2.81. The van der Waals surface area contributed by atoms with Gasteiger partial charge in [0.2, 0.25) is 0 Å². The van der Waals surface area contributed by atoms with Gasteiger partial charge in [0.15, 0.2) is 5.75 Å². The Labute approximate surface area is 44.0 Å². The second-order valence-corrected chi connectivity index (χ2v) is 2.10. The third kappa shape index (κ3) is 2.41. The van der Waals surface area contributed by atoms with Gasteiger partial charge < -0.3 is 4.55 Å². The third-order valence-electron chi connectivity index (χ3n) is 0.341. The van der Waals surface area contributed by atoms with E-state index < -0.39 is 15.7 Å². The molecule has 0 aromatic carbocycles. The number of hydrogen-bond donors (Lipinski definition) is 0. The molecular weight excluding hydrogens is 118 g/mol. The van der Waals surface area contributed by atoms with E-state index in [-0.39, 0.29) is 5.75 Å². The molecule has 0 rings (SSSR count). The van der Waals surface area contributed by atoms with E-state index in [1.54, 1.807) is 0 Å². The van der Waals surface area contributed by atoms with Crippen LogP contribution in [0.15, 0.2) is 0 Å². The molecule has 5 heteroatoms. The zero-order chi connectivity index (χ0) is 5.86. The molecule has 0 N–H and O–H groups in total. The zero-order valence-electron chi connectivity index (χ0n) is 3.49. The Morgan fingerprint density at radius 2 is 2.29 bits per heavy atom. The first kappa shape index (κ1) is 6.71. The van der Waals surface area contributed by atoms with Gasteiger partial charge in [-0.05, 0) is 0 Å². The van der Waals surface area contributed by atoms with Crippen molar-refractivity contribution in [2.75, 3.05) is 5.75 Å². The van der Waals surface area contributed by atoms with Gasteiger partial charge in [0.25, 0.3) is 15.7 Å². The van der Waals surface area contributed by atoms with Gasteiger partial charge in [0, 0.05) is 6.92 Å². The summed E-state index contributed by atoms with van der Waals surface area (Å²) in [6.45, 7) is 3.07. The van der Waals surface area contributed by atoms with Gasteiger partial charge in [-0.2, -0.15) is 0 Å². The summed E-state index contributed by atoms with van der Waals surface area (Å²) in [5.41, 5.74) is 0. The van der Waals surface area contributed by atoms with Gasteiger partial charge in [-0.15, -0.1) is 0 Å². The predicted molar refractivity (Wildman–Crippen MR) is 25.4 cm³/mol. The van der Waals surface area contributed by atoms with Crippen molar-refractivity contribution >= 4 is 11.4 Å². The molecule has 0 heterocycles. The normalized spacial score (nSPS) is 13.4. The van der Waals surface area contributed by atoms with Crippen molar-refractivity contribution in [2.45, 2.75) is 0 Å². The maximum atomic E-state index is 9.86. The van der Waals surface area contributed by atoms with E-state index in [1.165, 1.54) is 0 Å². The molecule has 0 aliphatic heterocycles. The van der Waals surface area contributed by atoms with Crippen LogP contribution in [0.4, 0.5) is 0 Å². The monoisotopic (exact) mass is 122 g/mol. The average Bonchev–Trinajstić information content (AvgIpc) is 1.65. The molecule has 0 aromatic heterocycles. The van der Waals surface area contributed by atoms with Crippen molar-refractivity contribution in [3.8, 4) is 0 Å². The van der Waals surface area contributed by atoms with Crippen LogP contribution in [0, 0.1) is 17.0 Å². The van der Waals surface area contributed by atoms with Gasteiger partial charge in [0.1, 0.15) is 0 Å². The Kier molecular flexibility index (Phi) is 2.70. The van der Waals surface area contributed by atoms with E-state index in [2.05, 4.69) is 6.92 Å². The highest BCUT2D eigenvalue weighted by Gasteiger charge is 2.14. The smallest absolute Gasteiger partial charge is 0.300 e. The molecule has 0 spiro atoms. The molecule has 4 nitrogen and oxygen atoms in total. The Morgan fingerprint density at radius 1 is 1.86 bits per heavy atom. The molecule has 1 radical (unpaired) electrons. The molecule has 0 aromatic rings.